The van der Waals surface area contributed by atoms with Gasteiger partial charge in [-0.25, -0.2) is 9.50 Å². The number of amides is 1. The normalized spacial score (nSPS) is 22.7. The van der Waals surface area contributed by atoms with Gasteiger partial charge in [-0.15, -0.1) is 5.10 Å². The van der Waals surface area contributed by atoms with Crippen LogP contribution in [0.5, 0.6) is 0 Å². The van der Waals surface area contributed by atoms with Crippen molar-refractivity contribution in [2.45, 2.75) is 18.8 Å². The van der Waals surface area contributed by atoms with E-state index < -0.39 is 0 Å². The molecule has 2 aromatic carbocycles. The number of aromatic nitrogens is 4. The molecule has 6 nitrogen and oxygen atoms in total. The topological polar surface area (TPSA) is 63.4 Å². The Bertz CT molecular complexity index is 1200. The van der Waals surface area contributed by atoms with Crippen LogP contribution in [0.4, 0.5) is 0 Å². The fourth-order valence-corrected chi connectivity index (χ4v) is 5.42. The molecule has 31 heavy (non-hydrogen) atoms. The first kappa shape index (κ1) is 18.2. The number of carbonyl (C=O) groups excluding carboxylic acids is 1. The van der Waals surface area contributed by atoms with Gasteiger partial charge in [0.15, 0.2) is 0 Å². The molecular formula is C25H23N5O. The second kappa shape index (κ2) is 7.30. The van der Waals surface area contributed by atoms with Crippen LogP contribution in [0.25, 0.3) is 16.9 Å². The lowest BCUT2D eigenvalue weighted by Gasteiger charge is -2.20. The summed E-state index contributed by atoms with van der Waals surface area (Å²) in [5, 5.41) is 4.31. The smallest absolute Gasteiger partial charge is 0.293 e. The van der Waals surface area contributed by atoms with E-state index in [1.165, 1.54) is 16.7 Å². The zero-order chi connectivity index (χ0) is 20.8. The number of nitrogens with zero attached hydrogens (tertiary/aromatic N) is 5. The molecule has 4 aromatic rings. The van der Waals surface area contributed by atoms with E-state index in [4.69, 9.17) is 0 Å². The average Bonchev–Trinajstić information content (AvgIpc) is 3.52. The Morgan fingerprint density at radius 1 is 0.903 bits per heavy atom. The summed E-state index contributed by atoms with van der Waals surface area (Å²) < 4.78 is 1.56. The molecule has 1 amide bonds. The molecular weight excluding hydrogens is 386 g/mol. The van der Waals surface area contributed by atoms with Crippen LogP contribution in [0.2, 0.25) is 0 Å². The van der Waals surface area contributed by atoms with Crippen molar-refractivity contribution in [2.24, 2.45) is 11.8 Å². The first-order chi connectivity index (χ1) is 15.3. The summed E-state index contributed by atoms with van der Waals surface area (Å²) in [4.78, 5) is 23.4. The second-order valence-corrected chi connectivity index (χ2v) is 8.65. The summed E-state index contributed by atoms with van der Waals surface area (Å²) in [7, 11) is 0. The fraction of sp³-hybridized carbons (Fsp3) is 0.280. The van der Waals surface area contributed by atoms with Crippen LogP contribution in [0.3, 0.4) is 0 Å². The Hall–Kier alpha value is -3.54. The van der Waals surface area contributed by atoms with Crippen molar-refractivity contribution in [3.63, 3.8) is 0 Å². The maximum atomic E-state index is 13.0. The summed E-state index contributed by atoms with van der Waals surface area (Å²) in [5.74, 6) is 2.23. The molecule has 1 saturated heterocycles. The van der Waals surface area contributed by atoms with Gasteiger partial charge in [0.05, 0.1) is 0 Å². The lowest BCUT2D eigenvalue weighted by atomic mass is 9.88. The standard InChI is InChI=1S/C25H23N5O/c31-24(23-27-25-26-11-6-12-30(25)28-23)29-15-19-13-18(14-20(19)16-29)22-10-5-4-9-21(22)17-7-2-1-3-8-17/h1-12,18-20H,13-16H2/t18-,19-,20+. The molecule has 6 heteroatoms. The highest BCUT2D eigenvalue weighted by molar-refractivity contribution is 5.91. The summed E-state index contributed by atoms with van der Waals surface area (Å²) in [6.07, 6.45) is 5.67. The number of rotatable bonds is 3. The van der Waals surface area contributed by atoms with Crippen molar-refractivity contribution in [1.82, 2.24) is 24.5 Å². The molecule has 1 aliphatic carbocycles. The highest BCUT2D eigenvalue weighted by Gasteiger charge is 2.43. The summed E-state index contributed by atoms with van der Waals surface area (Å²) in [6, 6.07) is 21.2. The number of hydrogen-bond acceptors (Lipinski definition) is 4. The molecule has 154 valence electrons. The molecule has 6 rings (SSSR count). The average molecular weight is 409 g/mol. The zero-order valence-electron chi connectivity index (χ0n) is 17.1. The Morgan fingerprint density at radius 3 is 2.42 bits per heavy atom. The van der Waals surface area contributed by atoms with E-state index in [0.717, 1.165) is 25.9 Å². The van der Waals surface area contributed by atoms with E-state index in [1.54, 1.807) is 23.0 Å². The maximum Gasteiger partial charge on any atom is 0.293 e. The summed E-state index contributed by atoms with van der Waals surface area (Å²) >= 11 is 0. The van der Waals surface area contributed by atoms with Crippen molar-refractivity contribution in [2.75, 3.05) is 13.1 Å². The van der Waals surface area contributed by atoms with Crippen molar-refractivity contribution >= 4 is 11.7 Å². The lowest BCUT2D eigenvalue weighted by molar-refractivity contribution is 0.0768. The molecule has 2 aliphatic rings. The van der Waals surface area contributed by atoms with Gasteiger partial charge < -0.3 is 4.90 Å². The first-order valence-electron chi connectivity index (χ1n) is 10.9. The largest absolute Gasteiger partial charge is 0.335 e. The predicted molar refractivity (Wildman–Crippen MR) is 118 cm³/mol. The van der Waals surface area contributed by atoms with Gasteiger partial charge in [0.2, 0.25) is 5.82 Å². The molecule has 0 spiro atoms. The highest BCUT2D eigenvalue weighted by Crippen LogP contribution is 2.48. The molecule has 3 atom stereocenters. The molecule has 1 saturated carbocycles. The van der Waals surface area contributed by atoms with Crippen molar-refractivity contribution < 1.29 is 4.79 Å². The van der Waals surface area contributed by atoms with Crippen molar-refractivity contribution in [3.05, 3.63) is 84.4 Å². The molecule has 1 aliphatic heterocycles. The van der Waals surface area contributed by atoms with Crippen molar-refractivity contribution in [1.29, 1.82) is 0 Å². The molecule has 0 radical (unpaired) electrons. The third kappa shape index (κ3) is 3.19. The van der Waals surface area contributed by atoms with E-state index in [1.807, 2.05) is 4.90 Å². The first-order valence-corrected chi connectivity index (χ1v) is 10.9. The van der Waals surface area contributed by atoms with Gasteiger partial charge in [-0.3, -0.25) is 4.79 Å². The minimum absolute atomic E-state index is 0.0823. The number of carbonyl (C=O) groups is 1. The Labute approximate surface area is 180 Å². The van der Waals surface area contributed by atoms with Gasteiger partial charge in [-0.05, 0) is 53.4 Å². The molecule has 0 N–H and O–H groups in total. The number of benzene rings is 2. The fourth-order valence-electron chi connectivity index (χ4n) is 5.42. The third-order valence-electron chi connectivity index (χ3n) is 6.83. The number of fused-ring (bicyclic) bond motifs is 2. The van der Waals surface area contributed by atoms with Crippen LogP contribution >= 0.6 is 0 Å². The maximum absolute atomic E-state index is 13.0. The van der Waals surface area contributed by atoms with Gasteiger partial charge in [-0.1, -0.05) is 54.6 Å². The van der Waals surface area contributed by atoms with Gasteiger partial charge in [0, 0.05) is 25.5 Å². The quantitative estimate of drug-likeness (QED) is 0.512. The third-order valence-corrected chi connectivity index (χ3v) is 6.83. The monoisotopic (exact) mass is 409 g/mol. The zero-order valence-corrected chi connectivity index (χ0v) is 17.1. The molecule has 0 bridgehead atoms. The van der Waals surface area contributed by atoms with Crippen LogP contribution in [-0.4, -0.2) is 43.5 Å². The van der Waals surface area contributed by atoms with Gasteiger partial charge in [-0.2, -0.15) is 4.98 Å². The van der Waals surface area contributed by atoms with Gasteiger partial charge in [0.1, 0.15) is 0 Å². The summed E-state index contributed by atoms with van der Waals surface area (Å²) in [6.45, 7) is 1.58. The Morgan fingerprint density at radius 2 is 1.65 bits per heavy atom. The second-order valence-electron chi connectivity index (χ2n) is 8.65. The summed E-state index contributed by atoms with van der Waals surface area (Å²) in [5.41, 5.74) is 4.05. The van der Waals surface area contributed by atoms with Gasteiger partial charge >= 0.3 is 0 Å². The predicted octanol–water partition coefficient (Wildman–Crippen LogP) is 4.06. The van der Waals surface area contributed by atoms with Crippen LogP contribution < -0.4 is 0 Å². The lowest BCUT2D eigenvalue weighted by Crippen LogP contribution is -2.30. The van der Waals surface area contributed by atoms with Crippen LogP contribution in [0.15, 0.2) is 73.1 Å². The van der Waals surface area contributed by atoms with Crippen molar-refractivity contribution in [3.8, 4) is 11.1 Å². The minimum Gasteiger partial charge on any atom is -0.335 e. The van der Waals surface area contributed by atoms with Crippen LogP contribution in [0.1, 0.15) is 34.9 Å². The van der Waals surface area contributed by atoms with E-state index in [-0.39, 0.29) is 11.7 Å². The van der Waals surface area contributed by atoms with Gasteiger partial charge in [0.25, 0.3) is 11.7 Å². The number of likely N-dealkylation sites (tertiary alicyclic amines) is 1. The Kier molecular flexibility index (Phi) is 4.30. The van der Waals surface area contributed by atoms with Crippen LogP contribution in [-0.2, 0) is 0 Å². The molecule has 2 fully saturated rings. The Balaban J connectivity index is 1.19. The van der Waals surface area contributed by atoms with E-state index in [0.29, 0.717) is 23.5 Å². The number of hydrogen-bond donors (Lipinski definition) is 0. The van der Waals surface area contributed by atoms with E-state index in [9.17, 15) is 4.79 Å². The SMILES string of the molecule is O=C(c1nc2ncccn2n1)N1C[C@H]2C[C@@H](c3ccccc3-c3ccccc3)C[C@H]2C1. The highest BCUT2D eigenvalue weighted by atomic mass is 16.2. The molecule has 0 unspecified atom stereocenters. The molecule has 3 heterocycles. The minimum atomic E-state index is -0.0823. The van der Waals surface area contributed by atoms with E-state index >= 15 is 0 Å². The van der Waals surface area contributed by atoms with Crippen LogP contribution in [0, 0.1) is 11.8 Å². The molecule has 2 aromatic heterocycles. The van der Waals surface area contributed by atoms with E-state index in [2.05, 4.69) is 69.7 Å².